The molecule has 2 aromatic rings. The maximum absolute atomic E-state index is 12.4. The molecule has 1 amide bonds. The highest BCUT2D eigenvalue weighted by Crippen LogP contribution is 2.36. The second-order valence-corrected chi connectivity index (χ2v) is 6.14. The summed E-state index contributed by atoms with van der Waals surface area (Å²) in [7, 11) is 0. The Balaban J connectivity index is 1.89. The van der Waals surface area contributed by atoms with Crippen molar-refractivity contribution in [1.29, 1.82) is 0 Å². The van der Waals surface area contributed by atoms with E-state index in [1.807, 2.05) is 18.2 Å². The Morgan fingerprint density at radius 2 is 1.77 bits per heavy atom. The van der Waals surface area contributed by atoms with Gasteiger partial charge >= 0.3 is 0 Å². The van der Waals surface area contributed by atoms with Crippen molar-refractivity contribution >= 4 is 40.5 Å². The minimum Gasteiger partial charge on any atom is -0.369 e. The number of para-hydroxylation sites is 1. The molecule has 1 N–H and O–H groups in total. The third-order valence-electron chi connectivity index (χ3n) is 3.74. The first kappa shape index (κ1) is 15.2. The zero-order valence-corrected chi connectivity index (χ0v) is 13.5. The summed E-state index contributed by atoms with van der Waals surface area (Å²) in [5.74, 6) is -0.190. The van der Waals surface area contributed by atoms with Crippen LogP contribution in [0, 0.1) is 0 Å². The number of halogens is 2. The van der Waals surface area contributed by atoms with Crippen molar-refractivity contribution in [2.45, 2.75) is 12.8 Å². The van der Waals surface area contributed by atoms with Crippen molar-refractivity contribution in [3.05, 3.63) is 58.1 Å². The fourth-order valence-corrected chi connectivity index (χ4v) is 3.19. The van der Waals surface area contributed by atoms with Crippen LogP contribution < -0.4 is 10.2 Å². The largest absolute Gasteiger partial charge is 0.369 e. The van der Waals surface area contributed by atoms with Crippen molar-refractivity contribution in [2.24, 2.45) is 0 Å². The summed E-state index contributed by atoms with van der Waals surface area (Å²) >= 11 is 12.3. The van der Waals surface area contributed by atoms with Crippen molar-refractivity contribution in [3.63, 3.8) is 0 Å². The quantitative estimate of drug-likeness (QED) is 0.870. The van der Waals surface area contributed by atoms with Gasteiger partial charge in [-0.3, -0.25) is 4.79 Å². The Hall–Kier alpha value is -1.71. The molecule has 0 unspecified atom stereocenters. The van der Waals surface area contributed by atoms with Gasteiger partial charge in [0, 0.05) is 23.7 Å². The van der Waals surface area contributed by atoms with E-state index in [9.17, 15) is 4.79 Å². The normalized spacial score (nSPS) is 14.2. The van der Waals surface area contributed by atoms with E-state index in [1.165, 1.54) is 0 Å². The van der Waals surface area contributed by atoms with Crippen LogP contribution in [-0.2, 0) is 0 Å². The summed E-state index contributed by atoms with van der Waals surface area (Å²) in [5, 5.41) is 4.15. The van der Waals surface area contributed by atoms with E-state index in [2.05, 4.69) is 10.2 Å². The molecule has 114 valence electrons. The molecule has 2 aromatic carbocycles. The Bertz CT molecular complexity index is 697. The number of rotatable bonds is 3. The van der Waals surface area contributed by atoms with Gasteiger partial charge in [-0.2, -0.15) is 0 Å². The molecule has 1 aliphatic rings. The van der Waals surface area contributed by atoms with Gasteiger partial charge in [-0.15, -0.1) is 0 Å². The standard InChI is InChI=1S/C17H16Cl2N2O/c18-13-6-3-5-12(11-13)17(22)20-15-8-4-7-14(19)16(15)21-9-1-2-10-21/h3-8,11H,1-2,9-10H2,(H,20,22). The number of anilines is 2. The van der Waals surface area contributed by atoms with E-state index in [0.29, 0.717) is 15.6 Å². The van der Waals surface area contributed by atoms with Crippen molar-refractivity contribution < 1.29 is 4.79 Å². The lowest BCUT2D eigenvalue weighted by Gasteiger charge is -2.23. The van der Waals surface area contributed by atoms with Gasteiger partial charge < -0.3 is 10.2 Å². The Morgan fingerprint density at radius 3 is 2.50 bits per heavy atom. The molecule has 3 rings (SSSR count). The van der Waals surface area contributed by atoms with Crippen LogP contribution >= 0.6 is 23.2 Å². The lowest BCUT2D eigenvalue weighted by atomic mass is 10.2. The lowest BCUT2D eigenvalue weighted by Crippen LogP contribution is -2.21. The minimum absolute atomic E-state index is 0.190. The summed E-state index contributed by atoms with van der Waals surface area (Å²) in [6.07, 6.45) is 2.29. The molecule has 0 bridgehead atoms. The van der Waals surface area contributed by atoms with Gasteiger partial charge in [0.2, 0.25) is 0 Å². The van der Waals surface area contributed by atoms with Crippen LogP contribution in [0.4, 0.5) is 11.4 Å². The van der Waals surface area contributed by atoms with E-state index in [0.717, 1.165) is 37.3 Å². The van der Waals surface area contributed by atoms with Crippen molar-refractivity contribution in [2.75, 3.05) is 23.3 Å². The molecule has 3 nitrogen and oxygen atoms in total. The monoisotopic (exact) mass is 334 g/mol. The third-order valence-corrected chi connectivity index (χ3v) is 4.28. The Labute approximate surface area is 139 Å². The van der Waals surface area contributed by atoms with Gasteiger partial charge in [-0.25, -0.2) is 0 Å². The van der Waals surface area contributed by atoms with Gasteiger partial charge in [0.15, 0.2) is 0 Å². The van der Waals surface area contributed by atoms with Crippen molar-refractivity contribution in [3.8, 4) is 0 Å². The first-order valence-corrected chi connectivity index (χ1v) is 8.01. The van der Waals surface area contributed by atoms with Crippen LogP contribution in [0.2, 0.25) is 10.0 Å². The smallest absolute Gasteiger partial charge is 0.255 e. The third kappa shape index (κ3) is 3.21. The molecule has 1 saturated heterocycles. The minimum atomic E-state index is -0.190. The highest BCUT2D eigenvalue weighted by molar-refractivity contribution is 6.34. The highest BCUT2D eigenvalue weighted by atomic mass is 35.5. The van der Waals surface area contributed by atoms with Gasteiger partial charge in [0.05, 0.1) is 16.4 Å². The first-order valence-electron chi connectivity index (χ1n) is 7.25. The van der Waals surface area contributed by atoms with Gasteiger partial charge in [-0.05, 0) is 43.2 Å². The lowest BCUT2D eigenvalue weighted by molar-refractivity contribution is 0.102. The zero-order valence-electron chi connectivity index (χ0n) is 12.0. The maximum atomic E-state index is 12.4. The Kier molecular flexibility index (Phi) is 4.55. The predicted molar refractivity (Wildman–Crippen MR) is 92.3 cm³/mol. The highest BCUT2D eigenvalue weighted by Gasteiger charge is 2.20. The number of hydrogen-bond donors (Lipinski definition) is 1. The van der Waals surface area contributed by atoms with Gasteiger partial charge in [0.25, 0.3) is 5.91 Å². The van der Waals surface area contributed by atoms with Crippen LogP contribution in [0.25, 0.3) is 0 Å². The number of carbonyl (C=O) groups excluding carboxylic acids is 1. The van der Waals surface area contributed by atoms with Crippen LogP contribution in [0.3, 0.4) is 0 Å². The van der Waals surface area contributed by atoms with Crippen LogP contribution in [0.5, 0.6) is 0 Å². The van der Waals surface area contributed by atoms with E-state index in [4.69, 9.17) is 23.2 Å². The molecule has 0 aromatic heterocycles. The summed E-state index contributed by atoms with van der Waals surface area (Å²) in [6.45, 7) is 1.92. The second kappa shape index (κ2) is 6.59. The molecule has 5 heteroatoms. The van der Waals surface area contributed by atoms with Crippen LogP contribution in [0.1, 0.15) is 23.2 Å². The first-order chi connectivity index (χ1) is 10.6. The van der Waals surface area contributed by atoms with E-state index < -0.39 is 0 Å². The number of hydrogen-bond acceptors (Lipinski definition) is 2. The number of benzene rings is 2. The molecule has 0 radical (unpaired) electrons. The number of nitrogens with one attached hydrogen (secondary N) is 1. The van der Waals surface area contributed by atoms with E-state index >= 15 is 0 Å². The number of carbonyl (C=O) groups is 1. The SMILES string of the molecule is O=C(Nc1cccc(Cl)c1N1CCCC1)c1cccc(Cl)c1. The topological polar surface area (TPSA) is 32.3 Å². The number of amides is 1. The molecule has 0 saturated carbocycles. The molecule has 1 fully saturated rings. The Morgan fingerprint density at radius 1 is 1.05 bits per heavy atom. The van der Waals surface area contributed by atoms with Crippen LogP contribution in [-0.4, -0.2) is 19.0 Å². The summed E-state index contributed by atoms with van der Waals surface area (Å²) in [5.41, 5.74) is 2.16. The molecule has 1 aliphatic heterocycles. The second-order valence-electron chi connectivity index (χ2n) is 5.29. The molecular weight excluding hydrogens is 319 g/mol. The molecular formula is C17H16Cl2N2O. The summed E-state index contributed by atoms with van der Waals surface area (Å²) in [6, 6.07) is 12.5. The maximum Gasteiger partial charge on any atom is 0.255 e. The van der Waals surface area contributed by atoms with E-state index in [1.54, 1.807) is 24.3 Å². The van der Waals surface area contributed by atoms with Crippen LogP contribution in [0.15, 0.2) is 42.5 Å². The molecule has 1 heterocycles. The summed E-state index contributed by atoms with van der Waals surface area (Å²) < 4.78 is 0. The average molecular weight is 335 g/mol. The fraction of sp³-hybridized carbons (Fsp3) is 0.235. The van der Waals surface area contributed by atoms with Crippen molar-refractivity contribution in [1.82, 2.24) is 0 Å². The predicted octanol–water partition coefficient (Wildman–Crippen LogP) is 4.85. The average Bonchev–Trinajstić information content (AvgIpc) is 3.01. The van der Waals surface area contributed by atoms with Gasteiger partial charge in [-0.1, -0.05) is 35.3 Å². The molecule has 0 aliphatic carbocycles. The van der Waals surface area contributed by atoms with Gasteiger partial charge in [0.1, 0.15) is 0 Å². The number of nitrogens with zero attached hydrogens (tertiary/aromatic N) is 1. The van der Waals surface area contributed by atoms with E-state index in [-0.39, 0.29) is 5.91 Å². The summed E-state index contributed by atoms with van der Waals surface area (Å²) in [4.78, 5) is 14.6. The molecule has 0 atom stereocenters. The fourth-order valence-electron chi connectivity index (χ4n) is 2.70. The zero-order chi connectivity index (χ0) is 15.5. The molecule has 22 heavy (non-hydrogen) atoms. The molecule has 0 spiro atoms.